The number of hydrogen-bond donors (Lipinski definition) is 2. The third-order valence-electron chi connectivity index (χ3n) is 4.84. The maximum atomic E-state index is 12.8. The summed E-state index contributed by atoms with van der Waals surface area (Å²) in [6.07, 6.45) is 2.48. The molecule has 1 aromatic carbocycles. The summed E-state index contributed by atoms with van der Waals surface area (Å²) in [7, 11) is -3.41. The zero-order valence-corrected chi connectivity index (χ0v) is 21.7. The van der Waals surface area contributed by atoms with E-state index >= 15 is 0 Å². The Bertz CT molecular complexity index is 998. The molecular weight excluding hydrogens is 529 g/mol. The highest BCUT2D eigenvalue weighted by Crippen LogP contribution is 2.29. The number of hydrogen-bond acceptors (Lipinski definition) is 5. The third-order valence-corrected chi connectivity index (χ3v) is 6.61. The van der Waals surface area contributed by atoms with Gasteiger partial charge in [-0.2, -0.15) is 0 Å². The highest BCUT2D eigenvalue weighted by molar-refractivity contribution is 14.0. The zero-order valence-electron chi connectivity index (χ0n) is 18.5. The Morgan fingerprint density at radius 1 is 1.26 bits per heavy atom. The Morgan fingerprint density at radius 2 is 2.00 bits per heavy atom. The van der Waals surface area contributed by atoms with E-state index in [1.807, 2.05) is 31.2 Å². The van der Waals surface area contributed by atoms with E-state index in [4.69, 9.17) is 4.42 Å². The summed E-state index contributed by atoms with van der Waals surface area (Å²) < 4.78 is 32.9. The lowest BCUT2D eigenvalue weighted by molar-refractivity contribution is 0.383. The molecule has 2 aromatic rings. The van der Waals surface area contributed by atoms with Crippen LogP contribution in [0, 0.1) is 0 Å². The van der Waals surface area contributed by atoms with E-state index in [0.29, 0.717) is 24.9 Å². The van der Waals surface area contributed by atoms with Gasteiger partial charge in [-0.15, -0.1) is 24.0 Å². The highest BCUT2D eigenvalue weighted by Gasteiger charge is 2.28. The first-order valence-electron chi connectivity index (χ1n) is 10.3. The second-order valence-electron chi connectivity index (χ2n) is 8.26. The Labute approximate surface area is 202 Å². The van der Waals surface area contributed by atoms with E-state index in [1.165, 1.54) is 4.31 Å². The van der Waals surface area contributed by atoms with E-state index in [0.717, 1.165) is 23.4 Å². The van der Waals surface area contributed by atoms with Crippen molar-refractivity contribution < 1.29 is 12.8 Å². The number of sulfonamides is 1. The standard InChI is InChI=1S/C21H31N5O3S.HI/c1-5-22-20(25-15-19-24-14-18(29-19)21(2,3)4)23-11-13-30(27,28)26-12-10-16-8-6-7-9-17(16)26;/h6-9,14H,5,10-13,15H2,1-4H3,(H2,22,23,25);1H. The summed E-state index contributed by atoms with van der Waals surface area (Å²) in [6.45, 7) is 9.83. The van der Waals surface area contributed by atoms with E-state index in [2.05, 4.69) is 41.4 Å². The molecule has 0 fully saturated rings. The van der Waals surface area contributed by atoms with Crippen molar-refractivity contribution in [2.75, 3.05) is 29.7 Å². The zero-order chi connectivity index (χ0) is 21.8. The van der Waals surface area contributed by atoms with Crippen LogP contribution < -0.4 is 14.9 Å². The first kappa shape index (κ1) is 25.4. The molecule has 31 heavy (non-hydrogen) atoms. The molecule has 0 bridgehead atoms. The predicted molar refractivity (Wildman–Crippen MR) is 135 cm³/mol. The van der Waals surface area contributed by atoms with Crippen LogP contribution in [0.3, 0.4) is 0 Å². The maximum absolute atomic E-state index is 12.8. The molecule has 0 unspecified atom stereocenters. The van der Waals surface area contributed by atoms with Crippen LogP contribution in [0.5, 0.6) is 0 Å². The van der Waals surface area contributed by atoms with Gasteiger partial charge in [-0.05, 0) is 25.0 Å². The van der Waals surface area contributed by atoms with Gasteiger partial charge in [0, 0.05) is 25.0 Å². The van der Waals surface area contributed by atoms with Crippen LogP contribution in [-0.4, -0.2) is 44.7 Å². The molecule has 0 aliphatic carbocycles. The van der Waals surface area contributed by atoms with Crippen molar-refractivity contribution in [3.8, 4) is 0 Å². The predicted octanol–water partition coefficient (Wildman–Crippen LogP) is 3.04. The van der Waals surface area contributed by atoms with Crippen LogP contribution in [0.25, 0.3) is 0 Å². The van der Waals surface area contributed by atoms with E-state index < -0.39 is 10.0 Å². The summed E-state index contributed by atoms with van der Waals surface area (Å²) >= 11 is 0. The number of rotatable bonds is 7. The molecular formula is C21H32IN5O3S. The molecule has 0 amide bonds. The summed E-state index contributed by atoms with van der Waals surface area (Å²) in [6, 6.07) is 7.65. The van der Waals surface area contributed by atoms with Gasteiger partial charge in [-0.3, -0.25) is 4.31 Å². The molecule has 0 spiro atoms. The van der Waals surface area contributed by atoms with Crippen molar-refractivity contribution in [1.82, 2.24) is 15.6 Å². The number of benzene rings is 1. The first-order valence-corrected chi connectivity index (χ1v) is 11.9. The number of aromatic nitrogens is 1. The van der Waals surface area contributed by atoms with Gasteiger partial charge in [0.25, 0.3) is 0 Å². The number of aliphatic imine (C=N–C) groups is 1. The normalized spacial score (nSPS) is 14.2. The van der Waals surface area contributed by atoms with Gasteiger partial charge in [0.05, 0.1) is 17.6 Å². The maximum Gasteiger partial charge on any atom is 0.236 e. The van der Waals surface area contributed by atoms with Crippen molar-refractivity contribution >= 4 is 45.6 Å². The molecule has 1 aliphatic rings. The molecule has 1 aromatic heterocycles. The van der Waals surface area contributed by atoms with Gasteiger partial charge in [-0.25, -0.2) is 18.4 Å². The second-order valence-corrected chi connectivity index (χ2v) is 10.3. The van der Waals surface area contributed by atoms with Gasteiger partial charge >= 0.3 is 0 Å². The lowest BCUT2D eigenvalue weighted by Gasteiger charge is -2.20. The van der Waals surface area contributed by atoms with Crippen LogP contribution in [0.4, 0.5) is 5.69 Å². The quantitative estimate of drug-likeness (QED) is 0.307. The van der Waals surface area contributed by atoms with Crippen molar-refractivity contribution in [3.63, 3.8) is 0 Å². The first-order chi connectivity index (χ1) is 14.2. The minimum Gasteiger partial charge on any atom is -0.443 e. The minimum absolute atomic E-state index is 0. The number of oxazole rings is 1. The number of fused-ring (bicyclic) bond motifs is 1. The molecule has 2 N–H and O–H groups in total. The van der Waals surface area contributed by atoms with Crippen molar-refractivity contribution in [3.05, 3.63) is 47.7 Å². The van der Waals surface area contributed by atoms with Crippen molar-refractivity contribution in [2.45, 2.75) is 46.1 Å². The number of nitrogens with zero attached hydrogens (tertiary/aromatic N) is 3. The molecule has 3 rings (SSSR count). The van der Waals surface area contributed by atoms with Crippen molar-refractivity contribution in [1.29, 1.82) is 0 Å². The summed E-state index contributed by atoms with van der Waals surface area (Å²) in [5.41, 5.74) is 1.75. The number of guanidine groups is 1. The summed E-state index contributed by atoms with van der Waals surface area (Å²) in [4.78, 5) is 8.74. The minimum atomic E-state index is -3.41. The number of anilines is 1. The van der Waals surface area contributed by atoms with Crippen LogP contribution in [0.15, 0.2) is 39.9 Å². The van der Waals surface area contributed by atoms with E-state index in [-0.39, 0.29) is 48.2 Å². The summed E-state index contributed by atoms with van der Waals surface area (Å²) in [5, 5.41) is 6.22. The Hall–Kier alpha value is -1.82. The lowest BCUT2D eigenvalue weighted by atomic mass is 9.94. The monoisotopic (exact) mass is 561 g/mol. The molecule has 0 radical (unpaired) electrons. The topological polar surface area (TPSA) is 99.8 Å². The fourth-order valence-corrected chi connectivity index (χ4v) is 4.65. The third kappa shape index (κ3) is 6.58. The molecule has 1 aliphatic heterocycles. The fraction of sp³-hybridized carbons (Fsp3) is 0.524. The number of nitrogens with one attached hydrogen (secondary N) is 2. The average Bonchev–Trinajstić information content (AvgIpc) is 3.33. The van der Waals surface area contributed by atoms with E-state index in [9.17, 15) is 8.42 Å². The molecule has 172 valence electrons. The largest absolute Gasteiger partial charge is 0.443 e. The van der Waals surface area contributed by atoms with Gasteiger partial charge in [-0.1, -0.05) is 39.0 Å². The Morgan fingerprint density at radius 3 is 2.68 bits per heavy atom. The number of halogens is 1. The van der Waals surface area contributed by atoms with Crippen LogP contribution in [0.2, 0.25) is 0 Å². The fourth-order valence-electron chi connectivity index (χ4n) is 3.22. The van der Waals surface area contributed by atoms with Crippen molar-refractivity contribution in [2.24, 2.45) is 4.99 Å². The highest BCUT2D eigenvalue weighted by atomic mass is 127. The number of para-hydroxylation sites is 1. The van der Waals surface area contributed by atoms with Gasteiger partial charge in [0.2, 0.25) is 15.9 Å². The molecule has 0 saturated carbocycles. The van der Waals surface area contributed by atoms with Gasteiger partial charge in [0.15, 0.2) is 5.96 Å². The van der Waals surface area contributed by atoms with Gasteiger partial charge < -0.3 is 15.1 Å². The molecule has 10 heteroatoms. The molecule has 0 atom stereocenters. The van der Waals surface area contributed by atoms with Crippen LogP contribution in [0.1, 0.15) is 44.9 Å². The molecule has 8 nitrogen and oxygen atoms in total. The molecule has 0 saturated heterocycles. The van der Waals surface area contributed by atoms with E-state index in [1.54, 1.807) is 6.20 Å². The van der Waals surface area contributed by atoms with Gasteiger partial charge in [0.1, 0.15) is 12.3 Å². The summed E-state index contributed by atoms with van der Waals surface area (Å²) in [5.74, 6) is 1.85. The smallest absolute Gasteiger partial charge is 0.236 e. The average molecular weight is 561 g/mol. The second kappa shape index (κ2) is 10.7. The Balaban J connectivity index is 0.00000341. The molecule has 2 heterocycles. The lowest BCUT2D eigenvalue weighted by Crippen LogP contribution is -2.42. The Kier molecular flexibility index (Phi) is 8.75. The SMILES string of the molecule is CCNC(=NCc1ncc(C(C)(C)C)o1)NCCS(=O)(=O)N1CCc2ccccc21.I. The van der Waals surface area contributed by atoms with Crippen LogP contribution in [-0.2, 0) is 28.4 Å². The van der Waals surface area contributed by atoms with Crippen LogP contribution >= 0.6 is 24.0 Å².